The third-order valence-electron chi connectivity index (χ3n) is 4.23. The van der Waals surface area contributed by atoms with Gasteiger partial charge >= 0.3 is 0 Å². The van der Waals surface area contributed by atoms with Crippen LogP contribution in [0.1, 0.15) is 11.6 Å². The molecule has 2 aliphatic heterocycles. The second kappa shape index (κ2) is 9.05. The molecular formula is C16H24ClIN4O. The molecule has 0 aliphatic carbocycles. The molecule has 0 spiro atoms. The van der Waals surface area contributed by atoms with Crippen LogP contribution in [0.3, 0.4) is 0 Å². The highest BCUT2D eigenvalue weighted by molar-refractivity contribution is 14.0. The number of guanidine groups is 1. The van der Waals surface area contributed by atoms with Crippen molar-refractivity contribution in [2.24, 2.45) is 4.99 Å². The number of likely N-dealkylation sites (N-methyl/N-ethyl adjacent to an activating group) is 1. The molecule has 0 saturated carbocycles. The van der Waals surface area contributed by atoms with Crippen molar-refractivity contribution in [1.29, 1.82) is 0 Å². The van der Waals surface area contributed by atoms with Crippen LogP contribution in [0.2, 0.25) is 5.02 Å². The Bertz CT molecular complexity index is 537. The number of hydrogen-bond donors (Lipinski definition) is 1. The fourth-order valence-corrected chi connectivity index (χ4v) is 3.17. The number of nitrogens with one attached hydrogen (secondary N) is 1. The second-order valence-electron chi connectivity index (χ2n) is 5.73. The Labute approximate surface area is 160 Å². The Morgan fingerprint density at radius 1 is 1.30 bits per heavy atom. The van der Waals surface area contributed by atoms with Gasteiger partial charge in [-0.05, 0) is 17.7 Å². The van der Waals surface area contributed by atoms with Gasteiger partial charge in [0.1, 0.15) is 0 Å². The predicted molar refractivity (Wildman–Crippen MR) is 105 cm³/mol. The first-order valence-corrected chi connectivity index (χ1v) is 8.18. The quantitative estimate of drug-likeness (QED) is 0.714. The number of hydrogen-bond acceptors (Lipinski definition) is 5. The minimum absolute atomic E-state index is 0. The molecule has 128 valence electrons. The van der Waals surface area contributed by atoms with Crippen LogP contribution in [0, 0.1) is 0 Å². The summed E-state index contributed by atoms with van der Waals surface area (Å²) in [7, 11) is 2.07. The lowest BCUT2D eigenvalue weighted by Crippen LogP contribution is -2.45. The van der Waals surface area contributed by atoms with Gasteiger partial charge in [0.15, 0.2) is 5.96 Å². The molecule has 2 aliphatic rings. The van der Waals surface area contributed by atoms with Gasteiger partial charge in [0.2, 0.25) is 0 Å². The number of morpholine rings is 1. The molecule has 3 rings (SSSR count). The number of rotatable bonds is 4. The van der Waals surface area contributed by atoms with Gasteiger partial charge in [-0.15, -0.1) is 24.0 Å². The van der Waals surface area contributed by atoms with Crippen LogP contribution in [-0.4, -0.2) is 68.7 Å². The molecule has 7 heteroatoms. The Hall–Kier alpha value is -0.570. The summed E-state index contributed by atoms with van der Waals surface area (Å²) in [6.07, 6.45) is 0. The van der Waals surface area contributed by atoms with E-state index in [-0.39, 0.29) is 30.0 Å². The largest absolute Gasteiger partial charge is 0.379 e. The molecule has 1 saturated heterocycles. The summed E-state index contributed by atoms with van der Waals surface area (Å²) >= 11 is 6.18. The monoisotopic (exact) mass is 450 g/mol. The van der Waals surface area contributed by atoms with E-state index in [0.29, 0.717) is 0 Å². The molecule has 0 aromatic heterocycles. The van der Waals surface area contributed by atoms with Gasteiger partial charge in [-0.2, -0.15) is 0 Å². The Morgan fingerprint density at radius 3 is 2.74 bits per heavy atom. The van der Waals surface area contributed by atoms with E-state index in [9.17, 15) is 0 Å². The number of aliphatic imine (C=N–C) groups is 1. The van der Waals surface area contributed by atoms with Gasteiger partial charge in [-0.1, -0.05) is 23.7 Å². The Kier molecular flexibility index (Phi) is 7.39. The standard InChI is InChI=1S/C16H23ClN4O.HI/c1-20-6-5-18-16(20)19-12-15(21-7-9-22-10-8-21)13-3-2-4-14(17)11-13;/h2-4,11,15H,5-10,12H2,1H3,(H,18,19);1H. The first kappa shape index (κ1) is 18.8. The Balaban J connectivity index is 0.00000192. The van der Waals surface area contributed by atoms with Crippen LogP contribution < -0.4 is 5.32 Å². The maximum absolute atomic E-state index is 6.18. The van der Waals surface area contributed by atoms with Gasteiger partial charge in [-0.25, -0.2) is 0 Å². The normalized spacial score (nSPS) is 19.9. The highest BCUT2D eigenvalue weighted by Crippen LogP contribution is 2.24. The summed E-state index contributed by atoms with van der Waals surface area (Å²) in [6.45, 7) is 6.15. The summed E-state index contributed by atoms with van der Waals surface area (Å²) in [5.41, 5.74) is 1.24. The molecule has 5 nitrogen and oxygen atoms in total. The zero-order valence-electron chi connectivity index (χ0n) is 13.4. The lowest BCUT2D eigenvalue weighted by atomic mass is 10.0. The number of ether oxygens (including phenoxy) is 1. The molecule has 1 aromatic rings. The van der Waals surface area contributed by atoms with Gasteiger partial charge in [-0.3, -0.25) is 9.89 Å². The lowest BCUT2D eigenvalue weighted by Gasteiger charge is -2.35. The van der Waals surface area contributed by atoms with Crippen molar-refractivity contribution in [3.63, 3.8) is 0 Å². The molecule has 1 fully saturated rings. The van der Waals surface area contributed by atoms with Gasteiger partial charge in [0.25, 0.3) is 0 Å². The molecule has 1 unspecified atom stereocenters. The maximum atomic E-state index is 6.18. The lowest BCUT2D eigenvalue weighted by molar-refractivity contribution is 0.0169. The average Bonchev–Trinajstić information content (AvgIpc) is 2.94. The van der Waals surface area contributed by atoms with Crippen molar-refractivity contribution in [3.05, 3.63) is 34.9 Å². The predicted octanol–water partition coefficient (Wildman–Crippen LogP) is 2.22. The zero-order valence-corrected chi connectivity index (χ0v) is 16.5. The molecule has 0 radical (unpaired) electrons. The van der Waals surface area contributed by atoms with E-state index < -0.39 is 0 Å². The van der Waals surface area contributed by atoms with Crippen molar-refractivity contribution in [2.45, 2.75) is 6.04 Å². The average molecular weight is 451 g/mol. The molecule has 2 heterocycles. The van der Waals surface area contributed by atoms with Crippen molar-refractivity contribution >= 4 is 41.5 Å². The minimum atomic E-state index is 0. The van der Waals surface area contributed by atoms with Crippen molar-refractivity contribution < 1.29 is 4.74 Å². The fourth-order valence-electron chi connectivity index (χ4n) is 2.97. The molecular weight excluding hydrogens is 427 g/mol. The zero-order chi connectivity index (χ0) is 15.4. The first-order chi connectivity index (χ1) is 10.7. The number of nitrogens with zero attached hydrogens (tertiary/aromatic N) is 3. The summed E-state index contributed by atoms with van der Waals surface area (Å²) in [4.78, 5) is 9.12. The summed E-state index contributed by atoms with van der Waals surface area (Å²) in [5, 5.41) is 4.28. The second-order valence-corrected chi connectivity index (χ2v) is 6.16. The van der Waals surface area contributed by atoms with E-state index in [1.54, 1.807) is 0 Å². The Morgan fingerprint density at radius 2 is 2.09 bits per heavy atom. The van der Waals surface area contributed by atoms with Gasteiger partial charge in [0.05, 0.1) is 25.8 Å². The van der Waals surface area contributed by atoms with Crippen molar-refractivity contribution in [2.75, 3.05) is 53.0 Å². The SMILES string of the molecule is CN1CCN=C1NCC(c1cccc(Cl)c1)N1CCOCC1.I. The topological polar surface area (TPSA) is 40.1 Å². The summed E-state index contributed by atoms with van der Waals surface area (Å²) < 4.78 is 5.48. The third-order valence-corrected chi connectivity index (χ3v) is 4.47. The van der Waals surface area contributed by atoms with Crippen molar-refractivity contribution in [1.82, 2.24) is 15.1 Å². The highest BCUT2D eigenvalue weighted by atomic mass is 127. The third kappa shape index (κ3) is 4.95. The summed E-state index contributed by atoms with van der Waals surface area (Å²) in [5.74, 6) is 0.986. The number of halogens is 2. The molecule has 1 atom stereocenters. The molecule has 0 bridgehead atoms. The van der Waals surface area contributed by atoms with Crippen LogP contribution in [0.15, 0.2) is 29.3 Å². The van der Waals surface area contributed by atoms with Gasteiger partial charge in [0, 0.05) is 38.2 Å². The smallest absolute Gasteiger partial charge is 0.193 e. The van der Waals surface area contributed by atoms with Crippen LogP contribution in [-0.2, 0) is 4.74 Å². The van der Waals surface area contributed by atoms with E-state index >= 15 is 0 Å². The van der Waals surface area contributed by atoms with E-state index in [1.807, 2.05) is 12.1 Å². The van der Waals surface area contributed by atoms with E-state index in [2.05, 4.69) is 39.3 Å². The molecule has 1 aromatic carbocycles. The minimum Gasteiger partial charge on any atom is -0.379 e. The molecule has 0 amide bonds. The molecule has 1 N–H and O–H groups in total. The van der Waals surface area contributed by atoms with Crippen LogP contribution in [0.25, 0.3) is 0 Å². The summed E-state index contributed by atoms with van der Waals surface area (Å²) in [6, 6.07) is 8.42. The molecule has 23 heavy (non-hydrogen) atoms. The van der Waals surface area contributed by atoms with Gasteiger partial charge < -0.3 is 15.0 Å². The van der Waals surface area contributed by atoms with Crippen molar-refractivity contribution in [3.8, 4) is 0 Å². The highest BCUT2D eigenvalue weighted by Gasteiger charge is 2.24. The van der Waals surface area contributed by atoms with E-state index in [4.69, 9.17) is 16.3 Å². The van der Waals surface area contributed by atoms with Crippen LogP contribution >= 0.6 is 35.6 Å². The van der Waals surface area contributed by atoms with E-state index in [1.165, 1.54) is 5.56 Å². The number of benzene rings is 1. The maximum Gasteiger partial charge on any atom is 0.193 e. The first-order valence-electron chi connectivity index (χ1n) is 7.81. The van der Waals surface area contributed by atoms with Crippen LogP contribution in [0.5, 0.6) is 0 Å². The van der Waals surface area contributed by atoms with Crippen LogP contribution in [0.4, 0.5) is 0 Å². The van der Waals surface area contributed by atoms with E-state index in [0.717, 1.165) is 56.9 Å². The fraction of sp³-hybridized carbons (Fsp3) is 0.562.